The van der Waals surface area contributed by atoms with Crippen molar-refractivity contribution in [1.82, 2.24) is 9.88 Å². The molecule has 1 aromatic heterocycles. The van der Waals surface area contributed by atoms with E-state index >= 15 is 0 Å². The van der Waals surface area contributed by atoms with E-state index in [-0.39, 0.29) is 0 Å². The molecule has 4 heterocycles. The molecule has 0 spiro atoms. The van der Waals surface area contributed by atoms with Gasteiger partial charge in [0.2, 0.25) is 0 Å². The highest BCUT2D eigenvalue weighted by Gasteiger charge is 2.29. The van der Waals surface area contributed by atoms with E-state index in [2.05, 4.69) is 20.2 Å². The molecule has 0 aliphatic carbocycles. The Bertz CT molecular complexity index is 290. The molecular weight excluding hydrogens is 194 g/mol. The minimum absolute atomic E-state index is 0.750. The zero-order valence-electron chi connectivity index (χ0n) is 8.22. The van der Waals surface area contributed by atoms with E-state index in [1.54, 1.807) is 11.3 Å². The second kappa shape index (κ2) is 3.51. The molecular formula is C10H15N3S. The summed E-state index contributed by atoms with van der Waals surface area (Å²) >= 11 is 1.77. The fourth-order valence-corrected chi connectivity index (χ4v) is 3.24. The summed E-state index contributed by atoms with van der Waals surface area (Å²) in [6, 6.07) is 0.750. The molecule has 0 saturated carbocycles. The van der Waals surface area contributed by atoms with Gasteiger partial charge in [-0.3, -0.25) is 0 Å². The van der Waals surface area contributed by atoms with E-state index in [1.165, 1.54) is 37.6 Å². The van der Waals surface area contributed by atoms with Crippen LogP contribution in [0.4, 0.5) is 5.13 Å². The maximum atomic E-state index is 4.42. The van der Waals surface area contributed by atoms with Gasteiger partial charge in [-0.05, 0) is 12.8 Å². The summed E-state index contributed by atoms with van der Waals surface area (Å²) in [7, 11) is 0. The van der Waals surface area contributed by atoms with Crippen LogP contribution in [0.3, 0.4) is 0 Å². The van der Waals surface area contributed by atoms with E-state index in [4.69, 9.17) is 0 Å². The highest BCUT2D eigenvalue weighted by Crippen LogP contribution is 2.27. The Morgan fingerprint density at radius 3 is 2.79 bits per heavy atom. The normalized spacial score (nSPS) is 31.9. The van der Waals surface area contributed by atoms with Crippen LogP contribution in [0.2, 0.25) is 0 Å². The van der Waals surface area contributed by atoms with Gasteiger partial charge in [0.15, 0.2) is 5.13 Å². The van der Waals surface area contributed by atoms with Gasteiger partial charge in [0.1, 0.15) is 0 Å². The standard InChI is InChI=1S/C10H15N3S/c1-4-12-5-2-9(1)13(7-6-12)10-11-3-8-14-10/h3,8-9H,1-2,4-7H2. The molecule has 4 heteroatoms. The topological polar surface area (TPSA) is 19.4 Å². The lowest BCUT2D eigenvalue weighted by atomic mass is 10.1. The van der Waals surface area contributed by atoms with E-state index in [9.17, 15) is 0 Å². The van der Waals surface area contributed by atoms with Crippen LogP contribution in [0.15, 0.2) is 11.6 Å². The van der Waals surface area contributed by atoms with Gasteiger partial charge in [-0.2, -0.15) is 0 Å². The van der Waals surface area contributed by atoms with E-state index in [0.717, 1.165) is 12.6 Å². The maximum absolute atomic E-state index is 4.42. The molecule has 0 unspecified atom stereocenters. The van der Waals surface area contributed by atoms with Crippen LogP contribution in [-0.2, 0) is 0 Å². The van der Waals surface area contributed by atoms with Crippen LogP contribution in [-0.4, -0.2) is 42.1 Å². The number of aromatic nitrogens is 1. The Balaban J connectivity index is 1.85. The molecule has 3 nitrogen and oxygen atoms in total. The maximum Gasteiger partial charge on any atom is 0.185 e. The molecule has 3 aliphatic heterocycles. The first-order valence-corrected chi connectivity index (χ1v) is 6.20. The summed E-state index contributed by atoms with van der Waals surface area (Å²) in [5, 5.41) is 3.30. The van der Waals surface area contributed by atoms with Gasteiger partial charge in [0, 0.05) is 43.8 Å². The van der Waals surface area contributed by atoms with E-state index < -0.39 is 0 Å². The molecule has 1 aromatic rings. The van der Waals surface area contributed by atoms with Crippen LogP contribution >= 0.6 is 11.3 Å². The van der Waals surface area contributed by atoms with Crippen molar-refractivity contribution in [1.29, 1.82) is 0 Å². The van der Waals surface area contributed by atoms with Crippen molar-refractivity contribution >= 4 is 16.5 Å². The highest BCUT2D eigenvalue weighted by molar-refractivity contribution is 7.13. The van der Waals surface area contributed by atoms with Crippen LogP contribution in [0.25, 0.3) is 0 Å². The summed E-state index contributed by atoms with van der Waals surface area (Å²) in [6.07, 6.45) is 4.55. The molecule has 14 heavy (non-hydrogen) atoms. The second-order valence-electron chi connectivity index (χ2n) is 4.08. The fourth-order valence-electron chi connectivity index (χ4n) is 2.50. The zero-order valence-corrected chi connectivity index (χ0v) is 9.04. The number of nitrogens with zero attached hydrogens (tertiary/aromatic N) is 3. The van der Waals surface area contributed by atoms with Crippen LogP contribution in [0.1, 0.15) is 12.8 Å². The quantitative estimate of drug-likeness (QED) is 0.697. The Hall–Kier alpha value is -0.610. The summed E-state index contributed by atoms with van der Waals surface area (Å²) in [6.45, 7) is 4.95. The predicted octanol–water partition coefficient (Wildman–Crippen LogP) is 1.43. The Labute approximate surface area is 88.4 Å². The molecule has 3 aliphatic rings. The minimum Gasteiger partial charge on any atom is -0.344 e. The SMILES string of the molecule is c1csc(N2CCN3CCC2CC3)n1. The first-order chi connectivity index (χ1) is 6.93. The summed E-state index contributed by atoms with van der Waals surface area (Å²) in [5.74, 6) is 0. The molecule has 0 amide bonds. The average molecular weight is 209 g/mol. The highest BCUT2D eigenvalue weighted by atomic mass is 32.1. The van der Waals surface area contributed by atoms with Crippen molar-refractivity contribution in [3.63, 3.8) is 0 Å². The largest absolute Gasteiger partial charge is 0.344 e. The minimum atomic E-state index is 0.750. The van der Waals surface area contributed by atoms with Crippen molar-refractivity contribution in [3.05, 3.63) is 11.6 Å². The third kappa shape index (κ3) is 1.42. The molecule has 2 bridgehead atoms. The number of rotatable bonds is 1. The smallest absolute Gasteiger partial charge is 0.185 e. The van der Waals surface area contributed by atoms with Gasteiger partial charge >= 0.3 is 0 Å². The Morgan fingerprint density at radius 1 is 1.21 bits per heavy atom. The third-order valence-corrected chi connectivity index (χ3v) is 4.13. The van der Waals surface area contributed by atoms with Gasteiger partial charge in [-0.25, -0.2) is 4.98 Å². The zero-order chi connectivity index (χ0) is 9.38. The molecule has 0 atom stereocenters. The van der Waals surface area contributed by atoms with Gasteiger partial charge in [-0.15, -0.1) is 11.3 Å². The molecule has 0 aromatic carbocycles. The fraction of sp³-hybridized carbons (Fsp3) is 0.700. The summed E-state index contributed by atoms with van der Waals surface area (Å²) in [4.78, 5) is 9.51. The first-order valence-electron chi connectivity index (χ1n) is 5.32. The lowest BCUT2D eigenvalue weighted by Gasteiger charge is -2.31. The molecule has 3 fully saturated rings. The number of anilines is 1. The lowest BCUT2D eigenvalue weighted by Crippen LogP contribution is -2.37. The molecule has 76 valence electrons. The van der Waals surface area contributed by atoms with Crippen LogP contribution in [0, 0.1) is 0 Å². The third-order valence-electron chi connectivity index (χ3n) is 3.32. The Morgan fingerprint density at radius 2 is 2.07 bits per heavy atom. The lowest BCUT2D eigenvalue weighted by molar-refractivity contribution is 0.250. The van der Waals surface area contributed by atoms with Crippen molar-refractivity contribution in [3.8, 4) is 0 Å². The van der Waals surface area contributed by atoms with Gasteiger partial charge in [-0.1, -0.05) is 0 Å². The number of fused-ring (bicyclic) bond motifs is 4. The monoisotopic (exact) mass is 209 g/mol. The van der Waals surface area contributed by atoms with Crippen LogP contribution < -0.4 is 4.90 Å². The van der Waals surface area contributed by atoms with Crippen molar-refractivity contribution in [2.45, 2.75) is 18.9 Å². The van der Waals surface area contributed by atoms with Gasteiger partial charge < -0.3 is 9.80 Å². The van der Waals surface area contributed by atoms with E-state index in [1.807, 2.05) is 6.20 Å². The first kappa shape index (κ1) is 8.68. The average Bonchev–Trinajstić information content (AvgIpc) is 2.60. The molecule has 0 radical (unpaired) electrons. The van der Waals surface area contributed by atoms with Crippen LogP contribution in [0.5, 0.6) is 0 Å². The van der Waals surface area contributed by atoms with Gasteiger partial charge in [0.05, 0.1) is 0 Å². The Kier molecular flexibility index (Phi) is 2.18. The molecule has 0 N–H and O–H groups in total. The number of hydrogen-bond acceptors (Lipinski definition) is 4. The molecule has 3 saturated heterocycles. The summed E-state index contributed by atoms with van der Waals surface area (Å²) < 4.78 is 0. The number of thiazole rings is 1. The number of piperidine rings is 1. The van der Waals surface area contributed by atoms with Crippen molar-refractivity contribution < 1.29 is 0 Å². The predicted molar refractivity (Wildman–Crippen MR) is 58.9 cm³/mol. The van der Waals surface area contributed by atoms with Gasteiger partial charge in [0.25, 0.3) is 0 Å². The van der Waals surface area contributed by atoms with Crippen molar-refractivity contribution in [2.75, 3.05) is 31.1 Å². The second-order valence-corrected chi connectivity index (χ2v) is 4.95. The number of hydrogen-bond donors (Lipinski definition) is 0. The van der Waals surface area contributed by atoms with Crippen molar-refractivity contribution in [2.24, 2.45) is 0 Å². The van der Waals surface area contributed by atoms with E-state index in [0.29, 0.717) is 0 Å². The molecule has 4 rings (SSSR count). The summed E-state index contributed by atoms with van der Waals surface area (Å²) in [5.41, 5.74) is 0.